The Balaban J connectivity index is 2.54. The summed E-state index contributed by atoms with van der Waals surface area (Å²) < 4.78 is 36.0. The van der Waals surface area contributed by atoms with Crippen LogP contribution in [0.25, 0.3) is 0 Å². The number of hydrogen-bond donors (Lipinski definition) is 2. The number of carbonyl (C=O) groups excluding carboxylic acids is 2. The topological polar surface area (TPSA) is 61.4 Å². The summed E-state index contributed by atoms with van der Waals surface area (Å²) in [5.41, 5.74) is 0. The molecule has 8 heteroatoms. The summed E-state index contributed by atoms with van der Waals surface area (Å²) in [7, 11) is 0. The minimum Gasteiger partial charge on any atom is -0.353 e. The van der Waals surface area contributed by atoms with Gasteiger partial charge in [0.15, 0.2) is 0 Å². The number of nitrogens with zero attached hydrogens (tertiary/aromatic N) is 1. The highest BCUT2D eigenvalue weighted by molar-refractivity contribution is 5.84. The van der Waals surface area contributed by atoms with Crippen LogP contribution in [0.5, 0.6) is 0 Å². The van der Waals surface area contributed by atoms with Crippen LogP contribution < -0.4 is 10.6 Å². The molecular weight excluding hydrogens is 275 g/mol. The van der Waals surface area contributed by atoms with Crippen LogP contribution in [0.4, 0.5) is 13.2 Å². The molecule has 1 atom stereocenters. The molecular formula is C12H20F3N3O2. The Morgan fingerprint density at radius 1 is 1.50 bits per heavy atom. The van der Waals surface area contributed by atoms with Crippen LogP contribution in [0.2, 0.25) is 0 Å². The van der Waals surface area contributed by atoms with E-state index in [1.807, 2.05) is 19.2 Å². The van der Waals surface area contributed by atoms with Crippen molar-refractivity contribution < 1.29 is 22.8 Å². The van der Waals surface area contributed by atoms with Crippen LogP contribution in [-0.4, -0.2) is 55.1 Å². The number of nitrogens with one attached hydrogen (secondary N) is 2. The third kappa shape index (κ3) is 5.77. The molecule has 0 bridgehead atoms. The lowest BCUT2D eigenvalue weighted by atomic mass is 10.00. The largest absolute Gasteiger partial charge is 0.405 e. The Morgan fingerprint density at radius 2 is 2.15 bits per heavy atom. The maximum Gasteiger partial charge on any atom is 0.405 e. The third-order valence-electron chi connectivity index (χ3n) is 2.97. The minimum absolute atomic E-state index is 0.173. The highest BCUT2D eigenvalue weighted by Gasteiger charge is 2.32. The van der Waals surface area contributed by atoms with Gasteiger partial charge >= 0.3 is 6.18 Å². The van der Waals surface area contributed by atoms with E-state index in [9.17, 15) is 22.8 Å². The predicted octanol–water partition coefficient (Wildman–Crippen LogP) is 0.511. The average molecular weight is 295 g/mol. The van der Waals surface area contributed by atoms with Crippen molar-refractivity contribution in [3.05, 3.63) is 0 Å². The Morgan fingerprint density at radius 3 is 2.70 bits per heavy atom. The monoisotopic (exact) mass is 295 g/mol. The first kappa shape index (κ1) is 16.7. The lowest BCUT2D eigenvalue weighted by Crippen LogP contribution is -2.57. The highest BCUT2D eigenvalue weighted by atomic mass is 19.4. The molecule has 1 rings (SSSR count). The van der Waals surface area contributed by atoms with Crippen molar-refractivity contribution in [2.75, 3.05) is 26.2 Å². The Bertz CT molecular complexity index is 358. The van der Waals surface area contributed by atoms with Crippen molar-refractivity contribution in [1.29, 1.82) is 0 Å². The van der Waals surface area contributed by atoms with Gasteiger partial charge in [0.25, 0.3) is 0 Å². The number of halogens is 3. The minimum atomic E-state index is -4.42. The van der Waals surface area contributed by atoms with Gasteiger partial charge in [-0.1, -0.05) is 13.8 Å². The number of piperazine rings is 1. The van der Waals surface area contributed by atoms with E-state index in [2.05, 4.69) is 5.32 Å². The fraction of sp³-hybridized carbons (Fsp3) is 0.833. The lowest BCUT2D eigenvalue weighted by Gasteiger charge is -2.35. The van der Waals surface area contributed by atoms with Crippen LogP contribution >= 0.6 is 0 Å². The molecule has 1 aliphatic rings. The number of carbonyl (C=O) groups is 2. The molecule has 2 N–H and O–H groups in total. The van der Waals surface area contributed by atoms with Crippen LogP contribution in [0.15, 0.2) is 0 Å². The van der Waals surface area contributed by atoms with Gasteiger partial charge in [0, 0.05) is 13.1 Å². The van der Waals surface area contributed by atoms with Gasteiger partial charge in [-0.2, -0.15) is 13.2 Å². The fourth-order valence-electron chi connectivity index (χ4n) is 2.09. The molecule has 5 nitrogen and oxygen atoms in total. The number of amides is 2. The quantitative estimate of drug-likeness (QED) is 0.777. The number of alkyl halides is 3. The van der Waals surface area contributed by atoms with Crippen LogP contribution in [0, 0.1) is 5.92 Å². The summed E-state index contributed by atoms with van der Waals surface area (Å²) in [6.45, 7) is 3.22. The fourth-order valence-corrected chi connectivity index (χ4v) is 2.09. The Hall–Kier alpha value is -1.31. The Kier molecular flexibility index (Phi) is 5.79. The number of rotatable bonds is 5. The van der Waals surface area contributed by atoms with Crippen molar-refractivity contribution in [2.24, 2.45) is 5.92 Å². The van der Waals surface area contributed by atoms with Crippen LogP contribution in [0.3, 0.4) is 0 Å². The molecule has 0 aromatic carbocycles. The third-order valence-corrected chi connectivity index (χ3v) is 2.97. The molecule has 0 aromatic heterocycles. The van der Waals surface area contributed by atoms with E-state index in [4.69, 9.17) is 0 Å². The van der Waals surface area contributed by atoms with Crippen molar-refractivity contribution in [2.45, 2.75) is 32.5 Å². The molecule has 0 saturated carbocycles. The molecule has 1 saturated heterocycles. The molecule has 20 heavy (non-hydrogen) atoms. The maximum atomic E-state index is 12.0. The molecule has 1 fully saturated rings. The smallest absolute Gasteiger partial charge is 0.353 e. The second kappa shape index (κ2) is 6.92. The van der Waals surface area contributed by atoms with Crippen molar-refractivity contribution in [3.63, 3.8) is 0 Å². The molecule has 0 aliphatic carbocycles. The normalized spacial score (nSPS) is 20.9. The second-order valence-electron chi connectivity index (χ2n) is 5.30. The van der Waals surface area contributed by atoms with E-state index in [1.54, 1.807) is 4.90 Å². The zero-order chi connectivity index (χ0) is 15.3. The van der Waals surface area contributed by atoms with Gasteiger partial charge in [-0.15, -0.1) is 0 Å². The number of hydrogen-bond acceptors (Lipinski definition) is 3. The van der Waals surface area contributed by atoms with Crippen molar-refractivity contribution >= 4 is 11.8 Å². The van der Waals surface area contributed by atoms with Crippen LogP contribution in [-0.2, 0) is 9.59 Å². The van der Waals surface area contributed by atoms with Gasteiger partial charge in [-0.25, -0.2) is 0 Å². The van der Waals surface area contributed by atoms with Gasteiger partial charge in [0.2, 0.25) is 11.8 Å². The molecule has 0 aromatic rings. The van der Waals surface area contributed by atoms with Gasteiger partial charge < -0.3 is 10.6 Å². The van der Waals surface area contributed by atoms with E-state index in [1.165, 1.54) is 0 Å². The maximum absolute atomic E-state index is 12.0. The van der Waals surface area contributed by atoms with E-state index in [-0.39, 0.29) is 18.4 Å². The zero-order valence-corrected chi connectivity index (χ0v) is 11.6. The van der Waals surface area contributed by atoms with Gasteiger partial charge in [0.05, 0.1) is 12.6 Å². The average Bonchev–Trinajstić information content (AvgIpc) is 2.30. The van der Waals surface area contributed by atoms with E-state index >= 15 is 0 Å². The second-order valence-corrected chi connectivity index (χ2v) is 5.30. The van der Waals surface area contributed by atoms with E-state index in [0.717, 1.165) is 0 Å². The summed E-state index contributed by atoms with van der Waals surface area (Å²) in [5, 5.41) is 4.53. The first-order chi connectivity index (χ1) is 9.19. The van der Waals surface area contributed by atoms with Crippen LogP contribution in [0.1, 0.15) is 20.3 Å². The molecule has 0 spiro atoms. The standard InChI is InChI=1S/C12H20F3N3O2/c1-8(2)5-9-11(20)16-3-4-18(9)6-10(19)17-7-12(13,14)15/h8-9H,3-7H2,1-2H3,(H,16,20)(H,17,19)/t9-/m0/s1. The molecule has 1 aliphatic heterocycles. The molecule has 1 heterocycles. The van der Waals surface area contributed by atoms with Gasteiger partial charge in [-0.3, -0.25) is 14.5 Å². The summed E-state index contributed by atoms with van der Waals surface area (Å²) in [5.74, 6) is -0.635. The molecule has 116 valence electrons. The van der Waals surface area contributed by atoms with E-state index in [0.29, 0.717) is 19.5 Å². The predicted molar refractivity (Wildman–Crippen MR) is 66.9 cm³/mol. The Labute approximate surface area is 115 Å². The summed E-state index contributed by atoms with van der Waals surface area (Å²) >= 11 is 0. The van der Waals surface area contributed by atoms with Gasteiger partial charge in [-0.05, 0) is 12.3 Å². The molecule has 2 amide bonds. The zero-order valence-electron chi connectivity index (χ0n) is 11.6. The first-order valence-corrected chi connectivity index (χ1v) is 6.54. The van der Waals surface area contributed by atoms with E-state index < -0.39 is 24.7 Å². The summed E-state index contributed by atoms with van der Waals surface area (Å²) in [4.78, 5) is 24.9. The summed E-state index contributed by atoms with van der Waals surface area (Å²) in [6.07, 6.45) is -3.86. The van der Waals surface area contributed by atoms with Gasteiger partial charge in [0.1, 0.15) is 6.54 Å². The molecule has 0 radical (unpaired) electrons. The SMILES string of the molecule is CC(C)C[C@H]1C(=O)NCCN1CC(=O)NCC(F)(F)F. The molecule has 0 unspecified atom stereocenters. The lowest BCUT2D eigenvalue weighted by molar-refractivity contribution is -0.141. The first-order valence-electron chi connectivity index (χ1n) is 6.54. The van der Waals surface area contributed by atoms with Crippen molar-refractivity contribution in [3.8, 4) is 0 Å². The highest BCUT2D eigenvalue weighted by Crippen LogP contribution is 2.15. The summed E-state index contributed by atoms with van der Waals surface area (Å²) in [6, 6.07) is -0.458. The van der Waals surface area contributed by atoms with Crippen molar-refractivity contribution in [1.82, 2.24) is 15.5 Å².